The highest BCUT2D eigenvalue weighted by molar-refractivity contribution is 8.14. The minimum atomic E-state index is -1.24. The van der Waals surface area contributed by atoms with Crippen molar-refractivity contribution in [3.05, 3.63) is 29.0 Å². The molecule has 0 spiro atoms. The first-order valence-electron chi connectivity index (χ1n) is 10.8. The molecule has 8 N–H and O–H groups in total. The van der Waals surface area contributed by atoms with E-state index in [1.54, 1.807) is 24.9 Å². The van der Waals surface area contributed by atoms with Crippen LogP contribution in [0.3, 0.4) is 0 Å². The van der Waals surface area contributed by atoms with Crippen LogP contribution in [0.4, 0.5) is 5.13 Å². The van der Waals surface area contributed by atoms with Gasteiger partial charge in [0, 0.05) is 30.1 Å². The Kier molecular flexibility index (Phi) is 7.90. The summed E-state index contributed by atoms with van der Waals surface area (Å²) < 4.78 is 3.97. The normalized spacial score (nSPS) is 23.7. The zero-order valence-electron chi connectivity index (χ0n) is 19.7. The van der Waals surface area contributed by atoms with Crippen LogP contribution in [-0.2, 0) is 19.2 Å². The minimum Gasteiger partial charge on any atom is -0.477 e. The summed E-state index contributed by atoms with van der Waals surface area (Å²) in [5.41, 5.74) is 17.6. The average Bonchev–Trinajstić information content (AvgIpc) is 3.28. The lowest BCUT2D eigenvalue weighted by Crippen LogP contribution is -2.71. The standard InChI is InChI=1S/C19H24N10O5S3/c1-3-34-26-10(13-25-18(22)37-27-13)14(30)24-11-15(31)29-12(17(32)33)7(5-35-16(11)29)6-36-19-23-8(20)4-9(21)28(19)2/h4,9,11,16H,3,5-6,20-21H2,1-2H3,(H,24,30)(H,32,33)(H2,22,25,27)/b26-10-/t9?,11?,16-/m0/s1. The summed E-state index contributed by atoms with van der Waals surface area (Å²) in [6.07, 6.45) is 1.15. The molecule has 1 aromatic rings. The lowest BCUT2D eigenvalue weighted by molar-refractivity contribution is -0.150. The Labute approximate surface area is 223 Å². The number of carboxylic acid groups (broad SMARTS) is 1. The van der Waals surface area contributed by atoms with Crippen LogP contribution in [0.25, 0.3) is 0 Å². The molecule has 198 valence electrons. The molecule has 4 rings (SSSR count). The van der Waals surface area contributed by atoms with Crippen molar-refractivity contribution in [3.63, 3.8) is 0 Å². The van der Waals surface area contributed by atoms with E-state index in [9.17, 15) is 19.5 Å². The average molecular weight is 569 g/mol. The number of fused-ring (bicyclic) bond motifs is 1. The molecule has 15 nitrogen and oxygen atoms in total. The number of hydrogen-bond donors (Lipinski definition) is 5. The smallest absolute Gasteiger partial charge is 0.352 e. The number of nitrogen functional groups attached to an aromatic ring is 1. The van der Waals surface area contributed by atoms with Crippen LogP contribution < -0.4 is 22.5 Å². The molecule has 3 atom stereocenters. The number of hydrogen-bond acceptors (Lipinski definition) is 15. The quantitative estimate of drug-likeness (QED) is 0.140. The number of amides is 2. The summed E-state index contributed by atoms with van der Waals surface area (Å²) >= 11 is 3.49. The van der Waals surface area contributed by atoms with E-state index >= 15 is 0 Å². The third-order valence-corrected chi connectivity index (χ3v) is 8.39. The zero-order valence-corrected chi connectivity index (χ0v) is 22.1. The van der Waals surface area contributed by atoms with E-state index in [2.05, 4.69) is 24.8 Å². The number of amidine groups is 1. The third-order valence-electron chi connectivity index (χ3n) is 5.38. The number of β-lactam (4-membered cyclic amide) rings is 1. The Morgan fingerprint density at radius 3 is 2.81 bits per heavy atom. The highest BCUT2D eigenvalue weighted by atomic mass is 32.2. The lowest BCUT2D eigenvalue weighted by Gasteiger charge is -2.49. The maximum Gasteiger partial charge on any atom is 0.352 e. The van der Waals surface area contributed by atoms with E-state index in [1.165, 1.54) is 28.4 Å². The number of aromatic nitrogens is 2. The van der Waals surface area contributed by atoms with E-state index in [-0.39, 0.29) is 40.5 Å². The maximum atomic E-state index is 13.0. The Morgan fingerprint density at radius 2 is 2.16 bits per heavy atom. The first-order chi connectivity index (χ1) is 17.6. The molecule has 1 saturated heterocycles. The monoisotopic (exact) mass is 568 g/mol. The van der Waals surface area contributed by atoms with Crippen LogP contribution in [-0.4, -0.2) is 95.7 Å². The van der Waals surface area contributed by atoms with Crippen LogP contribution in [0, 0.1) is 0 Å². The van der Waals surface area contributed by atoms with E-state index in [1.807, 2.05) is 0 Å². The summed E-state index contributed by atoms with van der Waals surface area (Å²) in [5, 5.41) is 16.3. The molecule has 1 aromatic heterocycles. The van der Waals surface area contributed by atoms with E-state index in [0.717, 1.165) is 11.5 Å². The van der Waals surface area contributed by atoms with Gasteiger partial charge in [0.25, 0.3) is 11.8 Å². The highest BCUT2D eigenvalue weighted by Gasteiger charge is 2.54. The third kappa shape index (κ3) is 5.36. The van der Waals surface area contributed by atoms with Crippen LogP contribution in [0.5, 0.6) is 0 Å². The number of anilines is 1. The fourth-order valence-corrected chi connectivity index (χ4v) is 6.52. The summed E-state index contributed by atoms with van der Waals surface area (Å²) in [6.45, 7) is 1.87. The van der Waals surface area contributed by atoms with Crippen molar-refractivity contribution < 1.29 is 24.3 Å². The molecule has 3 aliphatic rings. The van der Waals surface area contributed by atoms with E-state index in [4.69, 9.17) is 22.0 Å². The second-order valence-electron chi connectivity index (χ2n) is 7.81. The Bertz CT molecular complexity index is 1240. The van der Waals surface area contributed by atoms with Crippen LogP contribution in [0.2, 0.25) is 0 Å². The summed E-state index contributed by atoms with van der Waals surface area (Å²) in [4.78, 5) is 54.2. The number of nitrogens with two attached hydrogens (primary N) is 3. The molecule has 3 aliphatic heterocycles. The predicted octanol–water partition coefficient (Wildman–Crippen LogP) is -1.28. The summed E-state index contributed by atoms with van der Waals surface area (Å²) in [6, 6.07) is -0.972. The van der Waals surface area contributed by atoms with Gasteiger partial charge in [-0.1, -0.05) is 16.9 Å². The van der Waals surface area contributed by atoms with Gasteiger partial charge in [-0.05, 0) is 18.6 Å². The van der Waals surface area contributed by atoms with Crippen LogP contribution in [0.15, 0.2) is 33.3 Å². The van der Waals surface area contributed by atoms with Gasteiger partial charge in [-0.2, -0.15) is 9.36 Å². The zero-order chi connectivity index (χ0) is 26.9. The molecule has 2 unspecified atom stereocenters. The Morgan fingerprint density at radius 1 is 1.41 bits per heavy atom. The predicted molar refractivity (Wildman–Crippen MR) is 140 cm³/mol. The van der Waals surface area contributed by atoms with Gasteiger partial charge in [0.05, 0.1) is 0 Å². The molecule has 18 heteroatoms. The van der Waals surface area contributed by atoms with Crippen LogP contribution in [0.1, 0.15) is 12.7 Å². The number of nitrogens with zero attached hydrogens (tertiary/aromatic N) is 6. The highest BCUT2D eigenvalue weighted by Crippen LogP contribution is 2.41. The summed E-state index contributed by atoms with van der Waals surface area (Å²) in [7, 11) is 1.75. The molecule has 1 fully saturated rings. The number of thioether (sulfide) groups is 2. The van der Waals surface area contributed by atoms with Gasteiger partial charge >= 0.3 is 5.97 Å². The number of carbonyl (C=O) groups excluding carboxylic acids is 2. The Balaban J connectivity index is 1.49. The SMILES string of the molecule is CCO/N=C(\C(=O)NC1C(=O)N2C(C(=O)O)=C(CSC3=NC(N)=CC(N)N3C)CS[C@@H]12)c1nsc(N)n1. The molecule has 4 heterocycles. The number of rotatable bonds is 8. The summed E-state index contributed by atoms with van der Waals surface area (Å²) in [5.74, 6) is -1.72. The van der Waals surface area contributed by atoms with Gasteiger partial charge < -0.3 is 37.4 Å². The topological polar surface area (TPSA) is 228 Å². The molecular weight excluding hydrogens is 544 g/mol. The largest absolute Gasteiger partial charge is 0.477 e. The first-order valence-corrected chi connectivity index (χ1v) is 13.6. The molecule has 0 bridgehead atoms. The van der Waals surface area contributed by atoms with Crippen molar-refractivity contribution in [2.75, 3.05) is 30.9 Å². The lowest BCUT2D eigenvalue weighted by atomic mass is 10.0. The van der Waals surface area contributed by atoms with Gasteiger partial charge in [-0.15, -0.1) is 11.8 Å². The first kappa shape index (κ1) is 26.7. The van der Waals surface area contributed by atoms with Gasteiger partial charge in [-0.25, -0.2) is 9.79 Å². The second kappa shape index (κ2) is 11.0. The Hall–Kier alpha value is -3.35. The van der Waals surface area contributed by atoms with Crippen molar-refractivity contribution >= 4 is 68.9 Å². The number of carboxylic acids is 1. The van der Waals surface area contributed by atoms with Crippen molar-refractivity contribution in [2.24, 2.45) is 21.6 Å². The maximum absolute atomic E-state index is 13.0. The van der Waals surface area contributed by atoms with Gasteiger partial charge in [0.15, 0.2) is 10.3 Å². The van der Waals surface area contributed by atoms with Gasteiger partial charge in [-0.3, -0.25) is 14.5 Å². The fraction of sp³-hybridized carbons (Fsp3) is 0.421. The van der Waals surface area contributed by atoms with E-state index in [0.29, 0.717) is 16.5 Å². The molecule has 0 aliphatic carbocycles. The van der Waals surface area contributed by atoms with Crippen molar-refractivity contribution in [2.45, 2.75) is 24.5 Å². The second-order valence-corrected chi connectivity index (χ2v) is 10.6. The minimum absolute atomic E-state index is 0.0374. The molecular formula is C19H24N10O5S3. The number of aliphatic carboxylic acids is 1. The number of oxime groups is 1. The van der Waals surface area contributed by atoms with Crippen LogP contribution >= 0.6 is 35.1 Å². The fourth-order valence-electron chi connectivity index (χ4n) is 3.57. The van der Waals surface area contributed by atoms with Crippen molar-refractivity contribution in [1.82, 2.24) is 24.5 Å². The molecule has 0 radical (unpaired) electrons. The molecule has 0 aromatic carbocycles. The van der Waals surface area contributed by atoms with E-state index < -0.39 is 35.4 Å². The van der Waals surface area contributed by atoms with Crippen molar-refractivity contribution in [1.29, 1.82) is 0 Å². The van der Waals surface area contributed by atoms with Gasteiger partial charge in [0.2, 0.25) is 11.5 Å². The van der Waals surface area contributed by atoms with Crippen molar-refractivity contribution in [3.8, 4) is 0 Å². The number of nitrogens with one attached hydrogen (secondary N) is 1. The van der Waals surface area contributed by atoms with Gasteiger partial charge in [0.1, 0.15) is 35.7 Å². The molecule has 37 heavy (non-hydrogen) atoms. The molecule has 0 saturated carbocycles. The number of aliphatic imine (C=N–C) groups is 1. The molecule has 2 amide bonds. The number of carbonyl (C=O) groups is 3. The number of likely N-dealkylation sites (N-methyl/N-ethyl adjacent to an activating group) is 1.